The van der Waals surface area contributed by atoms with Crippen LogP contribution in [0.3, 0.4) is 0 Å². The molecule has 3 rings (SSSR count). The second-order valence-corrected chi connectivity index (χ2v) is 7.94. The van der Waals surface area contributed by atoms with Crippen LogP contribution in [0, 0.1) is 0 Å². The minimum atomic E-state index is -0.200. The third-order valence-corrected chi connectivity index (χ3v) is 6.60. The molecule has 2 aromatic carbocycles. The molecule has 126 valence electrons. The summed E-state index contributed by atoms with van der Waals surface area (Å²) in [6.45, 7) is -0.0243. The molecule has 0 saturated carbocycles. The van der Waals surface area contributed by atoms with Crippen molar-refractivity contribution in [2.45, 2.75) is 4.58 Å². The van der Waals surface area contributed by atoms with E-state index < -0.39 is 0 Å². The molecule has 24 heavy (non-hydrogen) atoms. The highest BCUT2D eigenvalue weighted by Crippen LogP contribution is 2.45. The molecule has 1 aliphatic heterocycles. The Labute approximate surface area is 150 Å². The molecule has 1 N–H and O–H groups in total. The van der Waals surface area contributed by atoms with Crippen LogP contribution in [-0.2, 0) is 4.79 Å². The van der Waals surface area contributed by atoms with Crippen molar-refractivity contribution in [3.8, 4) is 11.5 Å². The standard InChI is InChI=1S/C18H19NO3S2/c1-21-16-4-2-3-14(11-16)19-17(20)12-22-15-7-5-13(6-8-15)18-23-9-10-24-18/h2-8,11,18H,9-10,12H2,1H3,(H,19,20). The van der Waals surface area contributed by atoms with Crippen LogP contribution in [0.1, 0.15) is 10.1 Å². The summed E-state index contributed by atoms with van der Waals surface area (Å²) in [6.07, 6.45) is 0. The predicted octanol–water partition coefficient (Wildman–Crippen LogP) is 4.19. The summed E-state index contributed by atoms with van der Waals surface area (Å²) in [5.41, 5.74) is 1.99. The molecule has 0 atom stereocenters. The highest BCUT2D eigenvalue weighted by atomic mass is 32.2. The average Bonchev–Trinajstić information content (AvgIpc) is 3.15. The lowest BCUT2D eigenvalue weighted by Gasteiger charge is -2.11. The number of amides is 1. The molecule has 2 aromatic rings. The van der Waals surface area contributed by atoms with E-state index in [1.807, 2.05) is 53.9 Å². The molecule has 0 unspecified atom stereocenters. The minimum absolute atomic E-state index is 0.0243. The molecule has 0 radical (unpaired) electrons. The molecule has 1 fully saturated rings. The summed E-state index contributed by atoms with van der Waals surface area (Å²) >= 11 is 3.94. The van der Waals surface area contributed by atoms with E-state index >= 15 is 0 Å². The maximum absolute atomic E-state index is 12.0. The maximum atomic E-state index is 12.0. The number of carbonyl (C=O) groups is 1. The van der Waals surface area contributed by atoms with Gasteiger partial charge in [0.05, 0.1) is 11.7 Å². The van der Waals surface area contributed by atoms with Crippen LogP contribution in [-0.4, -0.2) is 31.1 Å². The molecule has 1 saturated heterocycles. The Morgan fingerprint density at radius 3 is 2.58 bits per heavy atom. The lowest BCUT2D eigenvalue weighted by molar-refractivity contribution is -0.118. The van der Waals surface area contributed by atoms with Gasteiger partial charge >= 0.3 is 0 Å². The van der Waals surface area contributed by atoms with E-state index in [2.05, 4.69) is 17.4 Å². The Hall–Kier alpha value is -1.79. The summed E-state index contributed by atoms with van der Waals surface area (Å²) in [4.78, 5) is 12.0. The first kappa shape index (κ1) is 17.0. The van der Waals surface area contributed by atoms with Gasteiger partial charge in [-0.25, -0.2) is 0 Å². The second kappa shape index (κ2) is 8.35. The first-order valence-electron chi connectivity index (χ1n) is 7.64. The maximum Gasteiger partial charge on any atom is 0.262 e. The van der Waals surface area contributed by atoms with Crippen molar-refractivity contribution in [1.29, 1.82) is 0 Å². The van der Waals surface area contributed by atoms with Gasteiger partial charge in [-0.05, 0) is 29.8 Å². The van der Waals surface area contributed by atoms with E-state index in [-0.39, 0.29) is 12.5 Å². The number of rotatable bonds is 6. The Morgan fingerprint density at radius 1 is 1.12 bits per heavy atom. The van der Waals surface area contributed by atoms with Gasteiger partial charge in [-0.3, -0.25) is 4.79 Å². The predicted molar refractivity (Wildman–Crippen MR) is 101 cm³/mol. The van der Waals surface area contributed by atoms with Crippen LogP contribution < -0.4 is 14.8 Å². The molecule has 6 heteroatoms. The molecule has 1 aliphatic rings. The molecule has 1 heterocycles. The number of ether oxygens (including phenoxy) is 2. The van der Waals surface area contributed by atoms with Gasteiger partial charge in [0.1, 0.15) is 11.5 Å². The number of methoxy groups -OCH3 is 1. The smallest absolute Gasteiger partial charge is 0.262 e. The van der Waals surface area contributed by atoms with E-state index in [0.717, 1.165) is 0 Å². The Balaban J connectivity index is 1.50. The van der Waals surface area contributed by atoms with Gasteiger partial charge in [0.25, 0.3) is 5.91 Å². The zero-order valence-corrected chi connectivity index (χ0v) is 15.0. The Morgan fingerprint density at radius 2 is 1.88 bits per heavy atom. The number of carbonyl (C=O) groups excluding carboxylic acids is 1. The fourth-order valence-electron chi connectivity index (χ4n) is 2.32. The number of hydrogen-bond donors (Lipinski definition) is 1. The van der Waals surface area contributed by atoms with Crippen molar-refractivity contribution < 1.29 is 14.3 Å². The minimum Gasteiger partial charge on any atom is -0.497 e. The van der Waals surface area contributed by atoms with Crippen molar-refractivity contribution in [2.24, 2.45) is 0 Å². The number of anilines is 1. The second-order valence-electron chi connectivity index (χ2n) is 5.21. The molecule has 0 aliphatic carbocycles. The molecule has 0 spiro atoms. The van der Waals surface area contributed by atoms with Gasteiger partial charge in [-0.15, -0.1) is 23.5 Å². The van der Waals surface area contributed by atoms with Crippen molar-refractivity contribution in [3.63, 3.8) is 0 Å². The fourth-order valence-corrected chi connectivity index (χ4v) is 5.18. The summed E-state index contributed by atoms with van der Waals surface area (Å²) in [5.74, 6) is 3.62. The Kier molecular flexibility index (Phi) is 5.93. The lowest BCUT2D eigenvalue weighted by atomic mass is 10.2. The molecule has 4 nitrogen and oxygen atoms in total. The van der Waals surface area contributed by atoms with Crippen LogP contribution >= 0.6 is 23.5 Å². The average molecular weight is 361 g/mol. The summed E-state index contributed by atoms with van der Waals surface area (Å²) in [6, 6.07) is 15.2. The quantitative estimate of drug-likeness (QED) is 0.836. The van der Waals surface area contributed by atoms with Crippen LogP contribution in [0.2, 0.25) is 0 Å². The zero-order chi connectivity index (χ0) is 16.8. The van der Waals surface area contributed by atoms with Crippen LogP contribution in [0.4, 0.5) is 5.69 Å². The van der Waals surface area contributed by atoms with Gasteiger partial charge in [-0.1, -0.05) is 18.2 Å². The van der Waals surface area contributed by atoms with Gasteiger partial charge in [0.2, 0.25) is 0 Å². The number of nitrogens with one attached hydrogen (secondary N) is 1. The van der Waals surface area contributed by atoms with Crippen LogP contribution in [0.15, 0.2) is 48.5 Å². The van der Waals surface area contributed by atoms with Gasteiger partial charge in [0.15, 0.2) is 6.61 Å². The highest BCUT2D eigenvalue weighted by Gasteiger charge is 2.17. The largest absolute Gasteiger partial charge is 0.497 e. The van der Waals surface area contributed by atoms with Crippen molar-refractivity contribution in [2.75, 3.05) is 30.5 Å². The number of thioether (sulfide) groups is 2. The summed E-state index contributed by atoms with van der Waals surface area (Å²) < 4.78 is 11.2. The van der Waals surface area contributed by atoms with Gasteiger partial charge in [-0.2, -0.15) is 0 Å². The summed E-state index contributed by atoms with van der Waals surface area (Å²) in [5, 5.41) is 2.79. The fraction of sp³-hybridized carbons (Fsp3) is 0.278. The van der Waals surface area contributed by atoms with E-state index in [4.69, 9.17) is 9.47 Å². The van der Waals surface area contributed by atoms with E-state index in [1.54, 1.807) is 13.2 Å². The zero-order valence-electron chi connectivity index (χ0n) is 13.4. The van der Waals surface area contributed by atoms with Gasteiger partial charge in [0, 0.05) is 23.3 Å². The molecule has 0 bridgehead atoms. The van der Waals surface area contributed by atoms with Crippen molar-refractivity contribution in [3.05, 3.63) is 54.1 Å². The topological polar surface area (TPSA) is 47.6 Å². The normalized spacial score (nSPS) is 14.4. The molecular formula is C18H19NO3S2. The highest BCUT2D eigenvalue weighted by molar-refractivity contribution is 8.19. The Bertz CT molecular complexity index is 685. The van der Waals surface area contributed by atoms with Crippen LogP contribution in [0.25, 0.3) is 0 Å². The third-order valence-electron chi connectivity index (χ3n) is 3.50. The van der Waals surface area contributed by atoms with E-state index in [0.29, 0.717) is 21.8 Å². The first-order valence-corrected chi connectivity index (χ1v) is 9.74. The van der Waals surface area contributed by atoms with E-state index in [9.17, 15) is 4.79 Å². The van der Waals surface area contributed by atoms with E-state index in [1.165, 1.54) is 17.1 Å². The molecule has 0 aromatic heterocycles. The SMILES string of the molecule is COc1cccc(NC(=O)COc2ccc(C3SCCS3)cc2)c1. The molecule has 1 amide bonds. The lowest BCUT2D eigenvalue weighted by Crippen LogP contribution is -2.20. The van der Waals surface area contributed by atoms with Crippen molar-refractivity contribution in [1.82, 2.24) is 0 Å². The van der Waals surface area contributed by atoms with Crippen molar-refractivity contribution >= 4 is 35.1 Å². The van der Waals surface area contributed by atoms with Gasteiger partial charge < -0.3 is 14.8 Å². The molecular weight excluding hydrogens is 342 g/mol. The number of benzene rings is 2. The summed E-state index contributed by atoms with van der Waals surface area (Å²) in [7, 11) is 1.59. The third kappa shape index (κ3) is 4.61. The monoisotopic (exact) mass is 361 g/mol. The first-order chi connectivity index (χ1) is 11.7. The number of hydrogen-bond acceptors (Lipinski definition) is 5. The van der Waals surface area contributed by atoms with Crippen LogP contribution in [0.5, 0.6) is 11.5 Å².